The van der Waals surface area contributed by atoms with Crippen molar-refractivity contribution >= 4 is 10.0 Å². The SMILES string of the molecule is CC(C)S(=O)(=O)NC1CCC(c2cc(-c3cc(F)cc(F)c3)n[nH]2)CC1. The van der Waals surface area contributed by atoms with E-state index in [-0.39, 0.29) is 12.0 Å². The summed E-state index contributed by atoms with van der Waals surface area (Å²) in [5.74, 6) is -1.04. The molecule has 142 valence electrons. The van der Waals surface area contributed by atoms with Crippen LogP contribution in [0.3, 0.4) is 0 Å². The maximum atomic E-state index is 13.4. The van der Waals surface area contributed by atoms with Crippen LogP contribution in [0.5, 0.6) is 0 Å². The first-order valence-corrected chi connectivity index (χ1v) is 10.3. The number of hydrogen-bond donors (Lipinski definition) is 2. The molecule has 1 aliphatic rings. The van der Waals surface area contributed by atoms with Crippen molar-refractivity contribution in [3.05, 3.63) is 41.6 Å². The Kier molecular flexibility index (Phi) is 5.43. The Balaban J connectivity index is 1.65. The Labute approximate surface area is 152 Å². The highest BCUT2D eigenvalue weighted by atomic mass is 32.2. The molecule has 0 aliphatic heterocycles. The summed E-state index contributed by atoms with van der Waals surface area (Å²) in [6, 6.07) is 5.10. The van der Waals surface area contributed by atoms with Crippen molar-refractivity contribution in [2.75, 3.05) is 0 Å². The Morgan fingerprint density at radius 2 is 1.69 bits per heavy atom. The van der Waals surface area contributed by atoms with E-state index >= 15 is 0 Å². The third kappa shape index (κ3) is 4.29. The lowest BCUT2D eigenvalue weighted by Gasteiger charge is -2.28. The molecular formula is C18H23F2N3O2S. The van der Waals surface area contributed by atoms with E-state index in [1.54, 1.807) is 13.8 Å². The molecule has 3 rings (SSSR count). The molecule has 0 saturated heterocycles. The molecule has 8 heteroatoms. The molecule has 26 heavy (non-hydrogen) atoms. The van der Waals surface area contributed by atoms with Crippen molar-refractivity contribution in [2.45, 2.75) is 56.7 Å². The monoisotopic (exact) mass is 383 g/mol. The summed E-state index contributed by atoms with van der Waals surface area (Å²) in [5, 5.41) is 6.69. The molecule has 1 aromatic carbocycles. The van der Waals surface area contributed by atoms with Crippen molar-refractivity contribution < 1.29 is 17.2 Å². The summed E-state index contributed by atoms with van der Waals surface area (Å²) in [5.41, 5.74) is 1.80. The van der Waals surface area contributed by atoms with Crippen molar-refractivity contribution in [1.82, 2.24) is 14.9 Å². The molecule has 2 N–H and O–H groups in total. The number of benzene rings is 1. The maximum absolute atomic E-state index is 13.4. The average Bonchev–Trinajstić information content (AvgIpc) is 3.04. The second kappa shape index (κ2) is 7.44. The van der Waals surface area contributed by atoms with Gasteiger partial charge in [-0.3, -0.25) is 5.10 Å². The van der Waals surface area contributed by atoms with Crippen LogP contribution in [0.1, 0.15) is 51.1 Å². The summed E-state index contributed by atoms with van der Waals surface area (Å²) < 4.78 is 53.5. The fourth-order valence-corrected chi connectivity index (χ4v) is 4.26. The van der Waals surface area contributed by atoms with Crippen LogP contribution in [0.4, 0.5) is 8.78 Å². The van der Waals surface area contributed by atoms with Crippen LogP contribution in [0.2, 0.25) is 0 Å². The van der Waals surface area contributed by atoms with Crippen LogP contribution < -0.4 is 4.72 Å². The molecule has 2 aromatic rings. The average molecular weight is 383 g/mol. The summed E-state index contributed by atoms with van der Waals surface area (Å²) in [4.78, 5) is 0. The Hall–Kier alpha value is -1.80. The molecule has 0 bridgehead atoms. The van der Waals surface area contributed by atoms with E-state index in [2.05, 4.69) is 14.9 Å². The fourth-order valence-electron chi connectivity index (χ4n) is 3.29. The molecule has 1 saturated carbocycles. The number of aromatic amines is 1. The largest absolute Gasteiger partial charge is 0.282 e. The first-order valence-electron chi connectivity index (χ1n) is 8.77. The molecule has 1 heterocycles. The van der Waals surface area contributed by atoms with Gasteiger partial charge in [0.05, 0.1) is 10.9 Å². The number of nitrogens with zero attached hydrogens (tertiary/aromatic N) is 1. The maximum Gasteiger partial charge on any atom is 0.214 e. The third-order valence-corrected chi connectivity index (χ3v) is 6.78. The number of halogens is 2. The first-order chi connectivity index (χ1) is 12.2. The van der Waals surface area contributed by atoms with Gasteiger partial charge < -0.3 is 0 Å². The first kappa shape index (κ1) is 19.0. The number of sulfonamides is 1. The predicted octanol–water partition coefficient (Wildman–Crippen LogP) is 3.71. The molecule has 1 aromatic heterocycles. The third-order valence-electron chi connectivity index (χ3n) is 4.87. The summed E-state index contributed by atoms with van der Waals surface area (Å²) in [6.07, 6.45) is 3.15. The van der Waals surface area contributed by atoms with Gasteiger partial charge in [0.25, 0.3) is 0 Å². The summed E-state index contributed by atoms with van der Waals surface area (Å²) in [6.45, 7) is 3.32. The highest BCUT2D eigenvalue weighted by molar-refractivity contribution is 7.90. The van der Waals surface area contributed by atoms with E-state index in [0.29, 0.717) is 11.3 Å². The lowest BCUT2D eigenvalue weighted by molar-refractivity contribution is 0.369. The zero-order valence-corrected chi connectivity index (χ0v) is 15.6. The highest BCUT2D eigenvalue weighted by Crippen LogP contribution is 2.34. The van der Waals surface area contributed by atoms with Crippen LogP contribution in [-0.2, 0) is 10.0 Å². The molecule has 5 nitrogen and oxygen atoms in total. The quantitative estimate of drug-likeness (QED) is 0.827. The smallest absolute Gasteiger partial charge is 0.214 e. The van der Waals surface area contributed by atoms with Crippen LogP contribution in [0.15, 0.2) is 24.3 Å². The number of H-pyrrole nitrogens is 1. The van der Waals surface area contributed by atoms with Crippen LogP contribution in [-0.4, -0.2) is 29.9 Å². The summed E-state index contributed by atoms with van der Waals surface area (Å²) in [7, 11) is -3.26. The minimum atomic E-state index is -3.26. The molecule has 1 fully saturated rings. The zero-order valence-electron chi connectivity index (χ0n) is 14.8. The topological polar surface area (TPSA) is 74.8 Å². The molecule has 0 spiro atoms. The molecular weight excluding hydrogens is 360 g/mol. The van der Waals surface area contributed by atoms with E-state index in [1.807, 2.05) is 6.07 Å². The van der Waals surface area contributed by atoms with Gasteiger partial charge in [-0.2, -0.15) is 5.10 Å². The minimum Gasteiger partial charge on any atom is -0.282 e. The second-order valence-corrected chi connectivity index (χ2v) is 9.40. The molecule has 0 amide bonds. The minimum absolute atomic E-state index is 0.0432. The normalized spacial score (nSPS) is 21.3. The Bertz CT molecular complexity index is 852. The number of nitrogens with one attached hydrogen (secondary N) is 2. The standard InChI is InChI=1S/C18H23F2N3O2S/c1-11(2)26(24,25)23-16-5-3-12(4-6-16)17-10-18(22-21-17)13-7-14(19)9-15(20)8-13/h7-12,16,23H,3-6H2,1-2H3,(H,21,22). The lowest BCUT2D eigenvalue weighted by atomic mass is 9.84. The molecule has 1 aliphatic carbocycles. The van der Waals surface area contributed by atoms with Crippen LogP contribution >= 0.6 is 0 Å². The molecule has 0 radical (unpaired) electrons. The van der Waals surface area contributed by atoms with E-state index in [1.165, 1.54) is 12.1 Å². The van der Waals surface area contributed by atoms with Gasteiger partial charge in [0, 0.05) is 29.3 Å². The van der Waals surface area contributed by atoms with Gasteiger partial charge in [-0.25, -0.2) is 21.9 Å². The van der Waals surface area contributed by atoms with Gasteiger partial charge in [-0.15, -0.1) is 0 Å². The number of hydrogen-bond acceptors (Lipinski definition) is 3. The van der Waals surface area contributed by atoms with Crippen molar-refractivity contribution in [3.63, 3.8) is 0 Å². The summed E-state index contributed by atoms with van der Waals surface area (Å²) >= 11 is 0. The molecule has 0 atom stereocenters. The van der Waals surface area contributed by atoms with Gasteiger partial charge in [0.2, 0.25) is 10.0 Å². The van der Waals surface area contributed by atoms with Crippen molar-refractivity contribution in [3.8, 4) is 11.3 Å². The zero-order chi connectivity index (χ0) is 18.9. The highest BCUT2D eigenvalue weighted by Gasteiger charge is 2.28. The molecule has 0 unspecified atom stereocenters. The van der Waals surface area contributed by atoms with Gasteiger partial charge in [-0.1, -0.05) is 0 Å². The lowest BCUT2D eigenvalue weighted by Crippen LogP contribution is -2.40. The van der Waals surface area contributed by atoms with Gasteiger partial charge in [0.1, 0.15) is 11.6 Å². The van der Waals surface area contributed by atoms with Gasteiger partial charge >= 0.3 is 0 Å². The van der Waals surface area contributed by atoms with E-state index in [0.717, 1.165) is 37.4 Å². The second-order valence-electron chi connectivity index (χ2n) is 7.13. The van der Waals surface area contributed by atoms with Gasteiger partial charge in [0.15, 0.2) is 0 Å². The van der Waals surface area contributed by atoms with Crippen LogP contribution in [0.25, 0.3) is 11.3 Å². The van der Waals surface area contributed by atoms with E-state index < -0.39 is 26.9 Å². The van der Waals surface area contributed by atoms with E-state index in [9.17, 15) is 17.2 Å². The van der Waals surface area contributed by atoms with Crippen molar-refractivity contribution in [1.29, 1.82) is 0 Å². The number of rotatable bonds is 5. The Morgan fingerprint density at radius 3 is 2.27 bits per heavy atom. The van der Waals surface area contributed by atoms with E-state index in [4.69, 9.17) is 0 Å². The predicted molar refractivity (Wildman–Crippen MR) is 96.1 cm³/mol. The van der Waals surface area contributed by atoms with Crippen LogP contribution in [0, 0.1) is 11.6 Å². The number of aromatic nitrogens is 2. The van der Waals surface area contributed by atoms with Crippen molar-refractivity contribution in [2.24, 2.45) is 0 Å². The van der Waals surface area contributed by atoms with Gasteiger partial charge in [-0.05, 0) is 57.7 Å². The fraction of sp³-hybridized carbons (Fsp3) is 0.500. The Morgan fingerprint density at radius 1 is 1.08 bits per heavy atom.